The third-order valence-electron chi connectivity index (χ3n) is 4.70. The van der Waals surface area contributed by atoms with Crippen LogP contribution in [-0.4, -0.2) is 79.0 Å². The van der Waals surface area contributed by atoms with Gasteiger partial charge in [0, 0.05) is 32.2 Å². The molecule has 2 saturated heterocycles. The zero-order chi connectivity index (χ0) is 21.9. The highest BCUT2D eigenvalue weighted by Gasteiger charge is 2.51. The molecule has 2 aliphatic heterocycles. The Morgan fingerprint density at radius 1 is 1.20 bits per heavy atom. The summed E-state index contributed by atoms with van der Waals surface area (Å²) in [7, 11) is 0. The Kier molecular flexibility index (Phi) is 6.32. The van der Waals surface area contributed by atoms with E-state index in [2.05, 4.69) is 0 Å². The van der Waals surface area contributed by atoms with Crippen molar-refractivity contribution in [3.05, 3.63) is 29.6 Å². The van der Waals surface area contributed by atoms with Crippen LogP contribution in [0.15, 0.2) is 18.2 Å². The van der Waals surface area contributed by atoms with E-state index in [1.54, 1.807) is 0 Å². The molecule has 11 heteroatoms. The molecule has 1 N–H and O–H groups in total. The Bertz CT molecular complexity index is 852. The fraction of sp³-hybridized carbons (Fsp3) is 0.474. The number of esters is 1. The minimum absolute atomic E-state index is 0.00170. The van der Waals surface area contributed by atoms with Gasteiger partial charge in [-0.1, -0.05) is 0 Å². The lowest BCUT2D eigenvalue weighted by molar-refractivity contribution is -0.234. The van der Waals surface area contributed by atoms with Crippen molar-refractivity contribution in [1.82, 2.24) is 4.90 Å². The number of amides is 2. The van der Waals surface area contributed by atoms with Crippen molar-refractivity contribution in [3.63, 3.8) is 0 Å². The van der Waals surface area contributed by atoms with Crippen LogP contribution in [0.2, 0.25) is 0 Å². The molecule has 0 aromatic heterocycles. The summed E-state index contributed by atoms with van der Waals surface area (Å²) in [5, 5.41) is 9.16. The summed E-state index contributed by atoms with van der Waals surface area (Å²) >= 11 is 0. The summed E-state index contributed by atoms with van der Waals surface area (Å²) in [6, 6.07) is 3.56. The van der Waals surface area contributed by atoms with E-state index < -0.39 is 41.8 Å². The number of ether oxygens (including phenoxy) is 3. The van der Waals surface area contributed by atoms with Gasteiger partial charge in [-0.05, 0) is 18.2 Å². The number of hydrogen-bond acceptors (Lipinski definition) is 7. The molecule has 162 valence electrons. The summed E-state index contributed by atoms with van der Waals surface area (Å²) in [6.45, 7) is 2.20. The largest absolute Gasteiger partial charge is 0.481 e. The van der Waals surface area contributed by atoms with Gasteiger partial charge in [-0.3, -0.25) is 19.2 Å². The van der Waals surface area contributed by atoms with E-state index in [1.165, 1.54) is 17.0 Å². The van der Waals surface area contributed by atoms with Crippen molar-refractivity contribution in [2.45, 2.75) is 19.1 Å². The second kappa shape index (κ2) is 8.76. The molecule has 0 radical (unpaired) electrons. The number of aliphatic carboxylic acids is 1. The second-order valence-electron chi connectivity index (χ2n) is 6.79. The van der Waals surface area contributed by atoms with E-state index in [-0.39, 0.29) is 24.4 Å². The number of morpholine rings is 2. The van der Waals surface area contributed by atoms with E-state index in [1.807, 2.05) is 0 Å². The molecule has 0 spiro atoms. The maximum atomic E-state index is 14.4. The van der Waals surface area contributed by atoms with E-state index in [0.29, 0.717) is 26.3 Å². The molecular formula is C19H21FN2O8. The molecule has 0 bridgehead atoms. The minimum Gasteiger partial charge on any atom is -0.481 e. The van der Waals surface area contributed by atoms with Crippen LogP contribution in [0.3, 0.4) is 0 Å². The first-order chi connectivity index (χ1) is 14.2. The molecule has 0 saturated carbocycles. The van der Waals surface area contributed by atoms with E-state index in [9.17, 15) is 23.6 Å². The summed E-state index contributed by atoms with van der Waals surface area (Å²) in [6.07, 6.45) is -0.900. The molecule has 30 heavy (non-hydrogen) atoms. The Morgan fingerprint density at radius 3 is 2.53 bits per heavy atom. The van der Waals surface area contributed by atoms with Gasteiger partial charge in [-0.15, -0.1) is 0 Å². The number of hydrogen-bond donors (Lipinski definition) is 1. The van der Waals surface area contributed by atoms with Gasteiger partial charge in [-0.2, -0.15) is 0 Å². The van der Waals surface area contributed by atoms with Crippen LogP contribution in [0.4, 0.5) is 10.1 Å². The maximum Gasteiger partial charge on any atom is 0.310 e. The smallest absolute Gasteiger partial charge is 0.310 e. The number of carboxylic acid groups (broad SMARTS) is 1. The summed E-state index contributed by atoms with van der Waals surface area (Å²) in [5.74, 6) is -6.87. The van der Waals surface area contributed by atoms with Gasteiger partial charge in [0.05, 0.1) is 25.4 Å². The lowest BCUT2D eigenvalue weighted by atomic mass is 10.1. The normalized spacial score (nSPS) is 22.0. The Balaban J connectivity index is 1.92. The van der Waals surface area contributed by atoms with Crippen molar-refractivity contribution in [1.29, 1.82) is 0 Å². The first kappa shape index (κ1) is 21.7. The zero-order valence-corrected chi connectivity index (χ0v) is 16.3. The predicted molar refractivity (Wildman–Crippen MR) is 98.2 cm³/mol. The first-order valence-electron chi connectivity index (χ1n) is 9.27. The van der Waals surface area contributed by atoms with Crippen molar-refractivity contribution in [2.75, 3.05) is 44.4 Å². The molecule has 0 unspecified atom stereocenters. The van der Waals surface area contributed by atoms with Gasteiger partial charge < -0.3 is 29.1 Å². The Labute approximate surface area is 171 Å². The van der Waals surface area contributed by atoms with Crippen LogP contribution in [0.1, 0.15) is 23.7 Å². The summed E-state index contributed by atoms with van der Waals surface area (Å²) < 4.78 is 29.8. The molecular weight excluding hydrogens is 403 g/mol. The van der Waals surface area contributed by atoms with Crippen LogP contribution in [0.5, 0.6) is 0 Å². The van der Waals surface area contributed by atoms with Crippen molar-refractivity contribution in [3.8, 4) is 0 Å². The van der Waals surface area contributed by atoms with Gasteiger partial charge in [0.1, 0.15) is 12.2 Å². The zero-order valence-electron chi connectivity index (χ0n) is 16.3. The van der Waals surface area contributed by atoms with E-state index >= 15 is 0 Å². The molecule has 0 aliphatic carbocycles. The number of rotatable bonds is 5. The number of halogens is 1. The standard InChI is InChI=1S/C19H21FN2O8/c1-12(23)30-19(11-16(24)25)18(27)22(6-9-29-19)13-2-3-15(20)14(10-13)17(26)21-4-7-28-8-5-21/h2-3,10H,4-9,11H2,1H3,(H,24,25)/t19-/m0/s1. The van der Waals surface area contributed by atoms with Crippen molar-refractivity contribution in [2.24, 2.45) is 0 Å². The molecule has 2 aliphatic rings. The summed E-state index contributed by atoms with van der Waals surface area (Å²) in [5.41, 5.74) is -0.0757. The van der Waals surface area contributed by atoms with Crippen LogP contribution in [-0.2, 0) is 28.6 Å². The molecule has 10 nitrogen and oxygen atoms in total. The maximum absolute atomic E-state index is 14.4. The van der Waals surface area contributed by atoms with E-state index in [4.69, 9.17) is 19.3 Å². The second-order valence-corrected chi connectivity index (χ2v) is 6.79. The summed E-state index contributed by atoms with van der Waals surface area (Å²) in [4.78, 5) is 51.0. The molecule has 1 atom stereocenters. The van der Waals surface area contributed by atoms with Crippen molar-refractivity contribution < 1.29 is 42.9 Å². The number of carbonyl (C=O) groups excluding carboxylic acids is 3. The molecule has 2 amide bonds. The minimum atomic E-state index is -2.33. The number of anilines is 1. The molecule has 1 aromatic carbocycles. The van der Waals surface area contributed by atoms with Crippen LogP contribution in [0, 0.1) is 5.82 Å². The van der Waals surface area contributed by atoms with Gasteiger partial charge in [-0.25, -0.2) is 4.39 Å². The van der Waals surface area contributed by atoms with Crippen LogP contribution >= 0.6 is 0 Å². The van der Waals surface area contributed by atoms with E-state index in [0.717, 1.165) is 17.9 Å². The lowest BCUT2D eigenvalue weighted by Gasteiger charge is -2.39. The van der Waals surface area contributed by atoms with Crippen LogP contribution < -0.4 is 4.90 Å². The fourth-order valence-electron chi connectivity index (χ4n) is 3.37. The van der Waals surface area contributed by atoms with Gasteiger partial charge in [0.2, 0.25) is 0 Å². The highest BCUT2D eigenvalue weighted by molar-refractivity contribution is 6.03. The first-order valence-corrected chi connectivity index (χ1v) is 9.27. The topological polar surface area (TPSA) is 123 Å². The van der Waals surface area contributed by atoms with Crippen molar-refractivity contribution >= 4 is 29.4 Å². The molecule has 2 heterocycles. The fourth-order valence-corrected chi connectivity index (χ4v) is 3.37. The Morgan fingerprint density at radius 2 is 1.90 bits per heavy atom. The highest BCUT2D eigenvalue weighted by Crippen LogP contribution is 2.30. The van der Waals surface area contributed by atoms with Crippen LogP contribution in [0.25, 0.3) is 0 Å². The van der Waals surface area contributed by atoms with Gasteiger partial charge in [0.15, 0.2) is 0 Å². The van der Waals surface area contributed by atoms with Gasteiger partial charge in [0.25, 0.3) is 5.91 Å². The average Bonchev–Trinajstić information content (AvgIpc) is 2.70. The number of carboxylic acids is 1. The predicted octanol–water partition coefficient (Wildman–Crippen LogP) is 0.395. The monoisotopic (exact) mass is 424 g/mol. The molecule has 1 aromatic rings. The average molecular weight is 424 g/mol. The third kappa shape index (κ3) is 4.41. The SMILES string of the molecule is CC(=O)O[C@]1(CC(=O)O)OCCN(c2ccc(F)c(C(=O)N3CCOCC3)c2)C1=O. The van der Waals surface area contributed by atoms with Gasteiger partial charge >= 0.3 is 23.6 Å². The third-order valence-corrected chi connectivity index (χ3v) is 4.70. The Hall–Kier alpha value is -3.05. The lowest BCUT2D eigenvalue weighted by Crippen LogP contribution is -2.59. The molecule has 3 rings (SSSR count). The highest BCUT2D eigenvalue weighted by atomic mass is 19.1. The quantitative estimate of drug-likeness (QED) is 0.674. The molecule has 2 fully saturated rings. The number of nitrogens with zero attached hydrogens (tertiary/aromatic N) is 2. The number of benzene rings is 1. The number of carbonyl (C=O) groups is 4.